The van der Waals surface area contributed by atoms with Gasteiger partial charge in [0.25, 0.3) is 0 Å². The van der Waals surface area contributed by atoms with Gasteiger partial charge in [-0.3, -0.25) is 4.68 Å². The van der Waals surface area contributed by atoms with Crippen LogP contribution in [0, 0.1) is 5.92 Å². The van der Waals surface area contributed by atoms with Gasteiger partial charge in [-0.2, -0.15) is 5.10 Å². The molecular formula is C13H24BrN3. The van der Waals surface area contributed by atoms with Crippen molar-refractivity contribution >= 4 is 15.9 Å². The summed E-state index contributed by atoms with van der Waals surface area (Å²) in [7, 11) is 0. The van der Waals surface area contributed by atoms with Gasteiger partial charge in [-0.15, -0.1) is 0 Å². The van der Waals surface area contributed by atoms with Gasteiger partial charge in [-0.1, -0.05) is 20.8 Å². The van der Waals surface area contributed by atoms with Crippen molar-refractivity contribution in [3.05, 3.63) is 16.4 Å². The summed E-state index contributed by atoms with van der Waals surface area (Å²) in [6.07, 6.45) is 5.30. The Kier molecular flexibility index (Phi) is 6.82. The first-order chi connectivity index (χ1) is 8.15. The van der Waals surface area contributed by atoms with Crippen LogP contribution in [0.5, 0.6) is 0 Å². The zero-order chi connectivity index (χ0) is 12.7. The fourth-order valence-corrected chi connectivity index (χ4v) is 2.31. The Morgan fingerprint density at radius 1 is 1.47 bits per heavy atom. The smallest absolute Gasteiger partial charge is 0.0635 e. The van der Waals surface area contributed by atoms with Gasteiger partial charge >= 0.3 is 0 Å². The van der Waals surface area contributed by atoms with E-state index >= 15 is 0 Å². The highest BCUT2D eigenvalue weighted by Crippen LogP contribution is 2.17. The highest BCUT2D eigenvalue weighted by molar-refractivity contribution is 9.10. The highest BCUT2D eigenvalue weighted by Gasteiger charge is 2.07. The second-order valence-corrected chi connectivity index (χ2v) is 5.72. The Hall–Kier alpha value is -0.350. The molecule has 1 aromatic heterocycles. The summed E-state index contributed by atoms with van der Waals surface area (Å²) in [6.45, 7) is 9.86. The molecule has 4 heteroatoms. The number of aromatic nitrogens is 2. The molecule has 0 saturated carbocycles. The molecule has 1 N–H and O–H groups in total. The standard InChI is InChI=1S/C13H24BrN3/c1-4-8-17-13(12(14)10-16-17)6-5-7-15-9-11(2)3/h10-11,15H,4-9H2,1-3H3. The molecule has 0 unspecified atom stereocenters. The molecule has 1 rings (SSSR count). The zero-order valence-corrected chi connectivity index (χ0v) is 12.8. The maximum Gasteiger partial charge on any atom is 0.0635 e. The van der Waals surface area contributed by atoms with Crippen LogP contribution in [0.15, 0.2) is 10.7 Å². The minimum atomic E-state index is 0.729. The molecule has 17 heavy (non-hydrogen) atoms. The molecule has 1 heterocycles. The quantitative estimate of drug-likeness (QED) is 0.747. The van der Waals surface area contributed by atoms with Gasteiger partial charge in [0, 0.05) is 6.54 Å². The van der Waals surface area contributed by atoms with Crippen LogP contribution >= 0.6 is 15.9 Å². The summed E-state index contributed by atoms with van der Waals surface area (Å²) >= 11 is 3.58. The van der Waals surface area contributed by atoms with Crippen LogP contribution in [0.3, 0.4) is 0 Å². The predicted molar refractivity (Wildman–Crippen MR) is 76.2 cm³/mol. The third-order valence-electron chi connectivity index (χ3n) is 2.65. The second kappa shape index (κ2) is 7.88. The van der Waals surface area contributed by atoms with Crippen molar-refractivity contribution in [3.8, 4) is 0 Å². The first kappa shape index (κ1) is 14.7. The van der Waals surface area contributed by atoms with E-state index in [2.05, 4.69) is 51.8 Å². The number of aryl methyl sites for hydroxylation is 1. The molecule has 0 aliphatic rings. The molecule has 0 aliphatic heterocycles. The van der Waals surface area contributed by atoms with Crippen molar-refractivity contribution in [1.29, 1.82) is 0 Å². The normalized spacial score (nSPS) is 11.4. The van der Waals surface area contributed by atoms with Crippen molar-refractivity contribution < 1.29 is 0 Å². The SMILES string of the molecule is CCCn1ncc(Br)c1CCCNCC(C)C. The van der Waals surface area contributed by atoms with Crippen LogP contribution < -0.4 is 5.32 Å². The number of hydrogen-bond acceptors (Lipinski definition) is 2. The first-order valence-corrected chi connectivity index (χ1v) is 7.35. The van der Waals surface area contributed by atoms with Crippen molar-refractivity contribution in [2.75, 3.05) is 13.1 Å². The topological polar surface area (TPSA) is 29.9 Å². The Labute approximate surface area is 113 Å². The average molecular weight is 302 g/mol. The van der Waals surface area contributed by atoms with E-state index in [1.54, 1.807) is 0 Å². The van der Waals surface area contributed by atoms with E-state index < -0.39 is 0 Å². The van der Waals surface area contributed by atoms with Crippen molar-refractivity contribution in [3.63, 3.8) is 0 Å². The van der Waals surface area contributed by atoms with Crippen LogP contribution in [-0.2, 0) is 13.0 Å². The van der Waals surface area contributed by atoms with Crippen LogP contribution in [0.4, 0.5) is 0 Å². The zero-order valence-electron chi connectivity index (χ0n) is 11.2. The second-order valence-electron chi connectivity index (χ2n) is 4.86. The first-order valence-electron chi connectivity index (χ1n) is 6.56. The lowest BCUT2D eigenvalue weighted by Gasteiger charge is -2.09. The molecular weight excluding hydrogens is 278 g/mol. The lowest BCUT2D eigenvalue weighted by molar-refractivity contribution is 0.528. The monoisotopic (exact) mass is 301 g/mol. The van der Waals surface area contributed by atoms with Crippen molar-refractivity contribution in [2.45, 2.75) is 46.6 Å². The summed E-state index contributed by atoms with van der Waals surface area (Å²) in [4.78, 5) is 0. The third-order valence-corrected chi connectivity index (χ3v) is 3.32. The Morgan fingerprint density at radius 3 is 2.88 bits per heavy atom. The number of nitrogens with zero attached hydrogens (tertiary/aromatic N) is 2. The van der Waals surface area contributed by atoms with E-state index in [0.29, 0.717) is 0 Å². The molecule has 0 aliphatic carbocycles. The van der Waals surface area contributed by atoms with Gasteiger partial charge in [-0.05, 0) is 54.2 Å². The van der Waals surface area contributed by atoms with Crippen LogP contribution in [0.25, 0.3) is 0 Å². The van der Waals surface area contributed by atoms with Crippen molar-refractivity contribution in [1.82, 2.24) is 15.1 Å². The summed E-state index contributed by atoms with van der Waals surface area (Å²) in [6, 6.07) is 0. The Bertz CT molecular complexity index is 320. The van der Waals surface area contributed by atoms with E-state index in [4.69, 9.17) is 0 Å². The molecule has 0 amide bonds. The molecule has 0 spiro atoms. The number of nitrogens with one attached hydrogen (secondary N) is 1. The van der Waals surface area contributed by atoms with Gasteiger partial charge in [-0.25, -0.2) is 0 Å². The van der Waals surface area contributed by atoms with Gasteiger partial charge in [0.15, 0.2) is 0 Å². The predicted octanol–water partition coefficient (Wildman–Crippen LogP) is 3.23. The lowest BCUT2D eigenvalue weighted by atomic mass is 10.2. The van der Waals surface area contributed by atoms with Crippen molar-refractivity contribution in [2.24, 2.45) is 5.92 Å². The van der Waals surface area contributed by atoms with E-state index in [0.717, 1.165) is 42.9 Å². The Morgan fingerprint density at radius 2 is 2.24 bits per heavy atom. The number of halogens is 1. The largest absolute Gasteiger partial charge is 0.316 e. The molecule has 0 saturated heterocycles. The van der Waals surface area contributed by atoms with Gasteiger partial charge in [0.1, 0.15) is 0 Å². The molecule has 0 atom stereocenters. The van der Waals surface area contributed by atoms with E-state index in [-0.39, 0.29) is 0 Å². The average Bonchev–Trinajstić information content (AvgIpc) is 2.61. The summed E-state index contributed by atoms with van der Waals surface area (Å²) in [5.74, 6) is 0.729. The summed E-state index contributed by atoms with van der Waals surface area (Å²) < 4.78 is 3.27. The number of hydrogen-bond donors (Lipinski definition) is 1. The lowest BCUT2D eigenvalue weighted by Crippen LogP contribution is -2.21. The fraction of sp³-hybridized carbons (Fsp3) is 0.769. The Balaban J connectivity index is 2.32. The summed E-state index contributed by atoms with van der Waals surface area (Å²) in [5, 5.41) is 7.86. The molecule has 0 radical (unpaired) electrons. The number of rotatable bonds is 8. The van der Waals surface area contributed by atoms with E-state index in [9.17, 15) is 0 Å². The van der Waals surface area contributed by atoms with E-state index in [1.807, 2.05) is 6.20 Å². The minimum Gasteiger partial charge on any atom is -0.316 e. The highest BCUT2D eigenvalue weighted by atomic mass is 79.9. The van der Waals surface area contributed by atoms with Gasteiger partial charge in [0.2, 0.25) is 0 Å². The maximum atomic E-state index is 4.38. The molecule has 0 aromatic carbocycles. The minimum absolute atomic E-state index is 0.729. The summed E-state index contributed by atoms with van der Waals surface area (Å²) in [5.41, 5.74) is 1.33. The van der Waals surface area contributed by atoms with Crippen LogP contribution in [-0.4, -0.2) is 22.9 Å². The maximum absolute atomic E-state index is 4.38. The fourth-order valence-electron chi connectivity index (χ4n) is 1.81. The van der Waals surface area contributed by atoms with Crippen LogP contribution in [0.1, 0.15) is 39.3 Å². The molecule has 1 aromatic rings. The third kappa shape index (κ3) is 5.21. The van der Waals surface area contributed by atoms with E-state index in [1.165, 1.54) is 12.1 Å². The van der Waals surface area contributed by atoms with Gasteiger partial charge in [0.05, 0.1) is 16.4 Å². The molecule has 98 valence electrons. The molecule has 0 fully saturated rings. The van der Waals surface area contributed by atoms with Crippen LogP contribution in [0.2, 0.25) is 0 Å². The van der Waals surface area contributed by atoms with Gasteiger partial charge < -0.3 is 5.32 Å². The molecule has 3 nitrogen and oxygen atoms in total. The molecule has 0 bridgehead atoms.